The fraction of sp³-hybridized carbons (Fsp3) is 0.474. The number of pyridine rings is 1. The van der Waals surface area contributed by atoms with Gasteiger partial charge in [-0.15, -0.1) is 11.3 Å². The fourth-order valence-electron chi connectivity index (χ4n) is 3.71. The molecule has 0 radical (unpaired) electrons. The highest BCUT2D eigenvalue weighted by atomic mass is 32.2. The van der Waals surface area contributed by atoms with E-state index in [1.54, 1.807) is 17.7 Å². The van der Waals surface area contributed by atoms with Crippen LogP contribution in [0.5, 0.6) is 0 Å². The van der Waals surface area contributed by atoms with E-state index in [-0.39, 0.29) is 11.7 Å². The molecule has 3 aromatic rings. The van der Waals surface area contributed by atoms with Crippen LogP contribution in [-0.2, 0) is 24.1 Å². The van der Waals surface area contributed by atoms with Gasteiger partial charge in [0, 0.05) is 11.1 Å². The number of amides is 1. The van der Waals surface area contributed by atoms with Crippen molar-refractivity contribution in [3.05, 3.63) is 23.1 Å². The van der Waals surface area contributed by atoms with Gasteiger partial charge in [0.05, 0.1) is 16.0 Å². The summed E-state index contributed by atoms with van der Waals surface area (Å²) >= 11 is 3.04. The van der Waals surface area contributed by atoms with Crippen LogP contribution in [0.4, 0.5) is 0 Å². The zero-order valence-electron chi connectivity index (χ0n) is 14.9. The second-order valence-electron chi connectivity index (χ2n) is 6.72. The Kier molecular flexibility index (Phi) is 5.09. The van der Waals surface area contributed by atoms with Gasteiger partial charge in [-0.3, -0.25) is 4.79 Å². The number of aryl methyl sites for hydroxylation is 2. The maximum Gasteiger partial charge on any atom is 0.227 e. The van der Waals surface area contributed by atoms with Crippen LogP contribution in [0.25, 0.3) is 20.4 Å². The number of carbonyl (C=O) groups is 1. The molecule has 0 unspecified atom stereocenters. The number of unbranched alkanes of at least 4 members (excludes halogenated alkanes) is 1. The third-order valence-corrected chi connectivity index (χ3v) is 7.11. The van der Waals surface area contributed by atoms with Crippen LogP contribution in [0.15, 0.2) is 11.4 Å². The van der Waals surface area contributed by atoms with Crippen molar-refractivity contribution in [2.24, 2.45) is 5.73 Å². The highest BCUT2D eigenvalue weighted by molar-refractivity contribution is 8.00. The van der Waals surface area contributed by atoms with Gasteiger partial charge < -0.3 is 5.73 Å². The molecule has 0 fully saturated rings. The minimum absolute atomic E-state index is 0.230. The lowest BCUT2D eigenvalue weighted by atomic mass is 9.87. The number of rotatable bonds is 6. The Hall–Kier alpha value is -1.73. The number of hydrogen-bond donors (Lipinski definition) is 1. The van der Waals surface area contributed by atoms with Gasteiger partial charge in [-0.05, 0) is 49.7 Å². The maximum absolute atomic E-state index is 11.2. The van der Waals surface area contributed by atoms with Gasteiger partial charge in [0.1, 0.15) is 16.2 Å². The molecule has 5 nitrogen and oxygen atoms in total. The van der Waals surface area contributed by atoms with E-state index in [2.05, 4.69) is 16.9 Å². The number of primary amides is 1. The van der Waals surface area contributed by atoms with Crippen molar-refractivity contribution in [3.63, 3.8) is 0 Å². The molecule has 3 heterocycles. The molecule has 3 aromatic heterocycles. The summed E-state index contributed by atoms with van der Waals surface area (Å²) in [7, 11) is 0. The average molecular weight is 387 g/mol. The molecular formula is C19H22N4OS2. The molecule has 0 atom stereocenters. The molecule has 0 aromatic carbocycles. The Morgan fingerprint density at radius 1 is 1.27 bits per heavy atom. The minimum atomic E-state index is -0.333. The summed E-state index contributed by atoms with van der Waals surface area (Å²) in [6.07, 6.45) is 9.71. The summed E-state index contributed by atoms with van der Waals surface area (Å²) in [6, 6.07) is 0. The maximum atomic E-state index is 11.2. The van der Waals surface area contributed by atoms with E-state index < -0.39 is 0 Å². The summed E-state index contributed by atoms with van der Waals surface area (Å²) in [5, 5.41) is 2.04. The molecule has 4 rings (SSSR count). The molecule has 7 heteroatoms. The molecule has 2 N–H and O–H groups in total. The number of hydrogen-bond acceptors (Lipinski definition) is 6. The molecule has 0 aliphatic heterocycles. The lowest BCUT2D eigenvalue weighted by Gasteiger charge is -2.20. The van der Waals surface area contributed by atoms with Crippen LogP contribution in [0.3, 0.4) is 0 Å². The first kappa shape index (κ1) is 17.7. The average Bonchev–Trinajstić information content (AvgIpc) is 3.03. The van der Waals surface area contributed by atoms with E-state index in [9.17, 15) is 4.79 Å². The van der Waals surface area contributed by atoms with Crippen LogP contribution in [0.1, 0.15) is 49.4 Å². The molecule has 1 aliphatic rings. The first-order valence-corrected chi connectivity index (χ1v) is 11.0. The third kappa shape index (κ3) is 3.18. The van der Waals surface area contributed by atoms with E-state index >= 15 is 0 Å². The van der Waals surface area contributed by atoms with Crippen molar-refractivity contribution in [3.8, 4) is 0 Å². The molecule has 1 amide bonds. The number of carbonyl (C=O) groups excluding carboxylic acids is 1. The predicted molar refractivity (Wildman–Crippen MR) is 108 cm³/mol. The monoisotopic (exact) mass is 386 g/mol. The lowest BCUT2D eigenvalue weighted by Crippen LogP contribution is -2.13. The zero-order valence-corrected chi connectivity index (χ0v) is 16.5. The van der Waals surface area contributed by atoms with Gasteiger partial charge >= 0.3 is 0 Å². The van der Waals surface area contributed by atoms with Crippen LogP contribution in [-0.4, -0.2) is 26.6 Å². The fourth-order valence-corrected chi connectivity index (χ4v) is 5.70. The van der Waals surface area contributed by atoms with Gasteiger partial charge in [-0.25, -0.2) is 15.0 Å². The van der Waals surface area contributed by atoms with Gasteiger partial charge in [0.25, 0.3) is 0 Å². The molecule has 26 heavy (non-hydrogen) atoms. The van der Waals surface area contributed by atoms with Crippen molar-refractivity contribution in [1.82, 2.24) is 15.0 Å². The minimum Gasteiger partial charge on any atom is -0.369 e. The Morgan fingerprint density at radius 2 is 2.08 bits per heavy atom. The number of thiophene rings is 1. The second kappa shape index (κ2) is 7.48. The smallest absolute Gasteiger partial charge is 0.227 e. The Bertz CT molecular complexity index is 983. The summed E-state index contributed by atoms with van der Waals surface area (Å²) < 4.78 is 1.03. The van der Waals surface area contributed by atoms with Crippen molar-refractivity contribution in [2.45, 2.75) is 56.9 Å². The Labute approximate surface area is 160 Å². The normalized spacial score (nSPS) is 14.0. The molecule has 136 valence electrons. The van der Waals surface area contributed by atoms with Crippen molar-refractivity contribution in [2.75, 3.05) is 5.75 Å². The van der Waals surface area contributed by atoms with Crippen LogP contribution >= 0.6 is 23.1 Å². The molecule has 1 aliphatic carbocycles. The predicted octanol–water partition coefficient (Wildman–Crippen LogP) is 4.04. The van der Waals surface area contributed by atoms with Crippen LogP contribution < -0.4 is 5.73 Å². The second-order valence-corrected chi connectivity index (χ2v) is 8.68. The van der Waals surface area contributed by atoms with Crippen LogP contribution in [0.2, 0.25) is 0 Å². The molecule has 0 bridgehead atoms. The molecule has 0 spiro atoms. The van der Waals surface area contributed by atoms with Gasteiger partial charge in [-0.1, -0.05) is 25.1 Å². The lowest BCUT2D eigenvalue weighted by molar-refractivity contribution is -0.115. The summed E-state index contributed by atoms with van der Waals surface area (Å²) in [5.41, 5.74) is 10.5. The Morgan fingerprint density at radius 3 is 2.85 bits per heavy atom. The topological polar surface area (TPSA) is 81.8 Å². The van der Waals surface area contributed by atoms with E-state index in [1.165, 1.54) is 59.7 Å². The highest BCUT2D eigenvalue weighted by Crippen LogP contribution is 2.41. The third-order valence-electron chi connectivity index (χ3n) is 4.89. The molecule has 0 saturated heterocycles. The summed E-state index contributed by atoms with van der Waals surface area (Å²) in [5.74, 6) is -0.103. The molecule has 0 saturated carbocycles. The summed E-state index contributed by atoms with van der Waals surface area (Å²) in [6.45, 7) is 2.22. The van der Waals surface area contributed by atoms with E-state index in [1.807, 2.05) is 0 Å². The van der Waals surface area contributed by atoms with Crippen LogP contribution in [0, 0.1) is 0 Å². The van der Waals surface area contributed by atoms with Gasteiger partial charge in [0.15, 0.2) is 0 Å². The van der Waals surface area contributed by atoms with Crippen molar-refractivity contribution < 1.29 is 4.79 Å². The van der Waals surface area contributed by atoms with Crippen molar-refractivity contribution >= 4 is 49.4 Å². The first-order chi connectivity index (χ1) is 12.7. The zero-order chi connectivity index (χ0) is 18.1. The number of fused-ring (bicyclic) bond motifs is 5. The largest absolute Gasteiger partial charge is 0.369 e. The van der Waals surface area contributed by atoms with Crippen molar-refractivity contribution in [1.29, 1.82) is 0 Å². The summed E-state index contributed by atoms with van der Waals surface area (Å²) in [4.78, 5) is 26.3. The van der Waals surface area contributed by atoms with E-state index in [0.29, 0.717) is 0 Å². The quantitative estimate of drug-likeness (QED) is 0.511. The number of thioether (sulfide) groups is 1. The molecular weight excluding hydrogens is 364 g/mol. The Balaban J connectivity index is 1.91. The number of nitrogens with two attached hydrogens (primary N) is 1. The van der Waals surface area contributed by atoms with E-state index in [0.717, 1.165) is 39.3 Å². The van der Waals surface area contributed by atoms with Gasteiger partial charge in [-0.2, -0.15) is 0 Å². The SMILES string of the molecule is CCCCc1nc2sc3c(SCC(N)=O)ncnc3c2c2c1CCCC2. The highest BCUT2D eigenvalue weighted by Gasteiger charge is 2.23. The van der Waals surface area contributed by atoms with E-state index in [4.69, 9.17) is 10.7 Å². The first-order valence-electron chi connectivity index (χ1n) is 9.18. The number of nitrogens with zero attached hydrogens (tertiary/aromatic N) is 3. The standard InChI is InChI=1S/C19H22N4OS2/c1-2-3-8-13-11-6-4-5-7-12(11)15-16-17(26-18(15)23-13)19(22-10-21-16)25-9-14(20)24/h10H,2-9H2,1H3,(H2,20,24). The number of aromatic nitrogens is 3. The van der Waals surface area contributed by atoms with Gasteiger partial charge in [0.2, 0.25) is 5.91 Å².